The lowest BCUT2D eigenvalue weighted by Crippen LogP contribution is -2.15. The minimum Gasteiger partial charge on any atom is -0.316 e. The maximum atomic E-state index is 3.37. The average Bonchev–Trinajstić information content (AvgIpc) is 2.00. The van der Waals surface area contributed by atoms with Crippen LogP contribution < -0.4 is 5.32 Å². The van der Waals surface area contributed by atoms with E-state index in [1.165, 1.54) is 38.6 Å². The topological polar surface area (TPSA) is 12.0 Å². The Hall–Kier alpha value is -0.0400. The lowest BCUT2D eigenvalue weighted by atomic mass is 10.1. The van der Waals surface area contributed by atoms with Crippen LogP contribution >= 0.6 is 0 Å². The molecule has 0 atom stereocenters. The molecule has 1 heteroatoms. The van der Waals surface area contributed by atoms with Gasteiger partial charge in [-0.05, 0) is 32.4 Å². The van der Waals surface area contributed by atoms with Crippen molar-refractivity contribution in [3.05, 3.63) is 6.42 Å². The molecule has 0 amide bonds. The van der Waals surface area contributed by atoms with Crippen LogP contribution in [0.15, 0.2) is 0 Å². The minimum absolute atomic E-state index is 1.12. The van der Waals surface area contributed by atoms with E-state index in [2.05, 4.69) is 11.7 Å². The Bertz CT molecular complexity index is 33.1. The van der Waals surface area contributed by atoms with Crippen molar-refractivity contribution in [2.75, 3.05) is 13.1 Å². The van der Waals surface area contributed by atoms with Gasteiger partial charge in [-0.2, -0.15) is 0 Å². The third-order valence-corrected chi connectivity index (χ3v) is 1.80. The molecule has 53 valence electrons. The van der Waals surface area contributed by atoms with E-state index in [1.807, 2.05) is 0 Å². The van der Waals surface area contributed by atoms with E-state index < -0.39 is 0 Å². The number of rotatable bonds is 0. The summed E-state index contributed by atoms with van der Waals surface area (Å²) in [5.41, 5.74) is 0. The van der Waals surface area contributed by atoms with Crippen molar-refractivity contribution in [1.29, 1.82) is 0 Å². The molecule has 1 fully saturated rings. The first kappa shape index (κ1) is 7.07. The van der Waals surface area contributed by atoms with Gasteiger partial charge in [0.1, 0.15) is 0 Å². The second kappa shape index (κ2) is 4.80. The van der Waals surface area contributed by atoms with Gasteiger partial charge in [0.05, 0.1) is 0 Å². The lowest BCUT2D eigenvalue weighted by molar-refractivity contribution is 0.634. The summed E-state index contributed by atoms with van der Waals surface area (Å²) in [7, 11) is 0. The van der Waals surface area contributed by atoms with Gasteiger partial charge in [0, 0.05) is 0 Å². The van der Waals surface area contributed by atoms with Crippen LogP contribution in [0.5, 0.6) is 0 Å². The molecular formula is C8H16N. The Balaban J connectivity index is 2.02. The van der Waals surface area contributed by atoms with Crippen molar-refractivity contribution >= 4 is 0 Å². The molecule has 1 heterocycles. The summed E-state index contributed by atoms with van der Waals surface area (Å²) >= 11 is 0. The number of hydrogen-bond acceptors (Lipinski definition) is 1. The van der Waals surface area contributed by atoms with Crippen molar-refractivity contribution in [3.63, 3.8) is 0 Å². The molecular weight excluding hydrogens is 110 g/mol. The standard InChI is InChI=1S/C8H16N/c1-2-4-6-8-9-7-5-3-1/h5,9H,1-4,6-8H2. The van der Waals surface area contributed by atoms with Crippen molar-refractivity contribution in [2.24, 2.45) is 0 Å². The molecule has 0 aliphatic carbocycles. The highest BCUT2D eigenvalue weighted by atomic mass is 14.8. The van der Waals surface area contributed by atoms with Crippen LogP contribution in [0.25, 0.3) is 0 Å². The third-order valence-electron chi connectivity index (χ3n) is 1.80. The zero-order chi connectivity index (χ0) is 6.36. The van der Waals surface area contributed by atoms with Gasteiger partial charge in [0.25, 0.3) is 0 Å². The highest BCUT2D eigenvalue weighted by Gasteiger charge is 1.94. The lowest BCUT2D eigenvalue weighted by Gasteiger charge is -1.97. The van der Waals surface area contributed by atoms with Gasteiger partial charge >= 0.3 is 0 Å². The maximum Gasteiger partial charge on any atom is -0.00174 e. The van der Waals surface area contributed by atoms with E-state index in [0.717, 1.165) is 6.54 Å². The van der Waals surface area contributed by atoms with Gasteiger partial charge < -0.3 is 5.32 Å². The van der Waals surface area contributed by atoms with E-state index >= 15 is 0 Å². The molecule has 0 aromatic heterocycles. The first-order valence-corrected chi connectivity index (χ1v) is 4.02. The van der Waals surface area contributed by atoms with Crippen LogP contribution in [0.4, 0.5) is 0 Å². The Kier molecular flexibility index (Phi) is 3.77. The van der Waals surface area contributed by atoms with E-state index in [1.54, 1.807) is 0 Å². The predicted octanol–water partition coefficient (Wildman–Crippen LogP) is 1.74. The summed E-state index contributed by atoms with van der Waals surface area (Å²) in [5, 5.41) is 3.37. The zero-order valence-corrected chi connectivity index (χ0v) is 6.03. The average molecular weight is 126 g/mol. The number of hydrogen-bond donors (Lipinski definition) is 1. The van der Waals surface area contributed by atoms with Crippen LogP contribution in [-0.2, 0) is 0 Å². The normalized spacial score (nSPS) is 24.0. The van der Waals surface area contributed by atoms with Gasteiger partial charge in [0.15, 0.2) is 0 Å². The van der Waals surface area contributed by atoms with Crippen LogP contribution in [0.1, 0.15) is 32.1 Å². The van der Waals surface area contributed by atoms with Gasteiger partial charge in [-0.25, -0.2) is 0 Å². The molecule has 1 N–H and O–H groups in total. The van der Waals surface area contributed by atoms with Crippen molar-refractivity contribution in [3.8, 4) is 0 Å². The Morgan fingerprint density at radius 3 is 2.89 bits per heavy atom. The summed E-state index contributed by atoms with van der Waals surface area (Å²) in [4.78, 5) is 0. The van der Waals surface area contributed by atoms with Crippen LogP contribution in [0.3, 0.4) is 0 Å². The fourth-order valence-electron chi connectivity index (χ4n) is 1.20. The summed E-state index contributed by atoms with van der Waals surface area (Å²) in [6, 6.07) is 0. The van der Waals surface area contributed by atoms with Crippen LogP contribution in [0.2, 0.25) is 0 Å². The summed E-state index contributed by atoms with van der Waals surface area (Å²) in [5.74, 6) is 0. The predicted molar refractivity (Wildman–Crippen MR) is 40.3 cm³/mol. The fourth-order valence-corrected chi connectivity index (χ4v) is 1.20. The summed E-state index contributed by atoms with van der Waals surface area (Å²) in [6.45, 7) is 2.34. The molecule has 0 spiro atoms. The first-order chi connectivity index (χ1) is 4.50. The molecule has 9 heavy (non-hydrogen) atoms. The molecule has 1 radical (unpaired) electrons. The molecule has 0 unspecified atom stereocenters. The Labute approximate surface area is 57.8 Å². The largest absolute Gasteiger partial charge is 0.316 e. The fraction of sp³-hybridized carbons (Fsp3) is 0.875. The van der Waals surface area contributed by atoms with E-state index in [4.69, 9.17) is 0 Å². The van der Waals surface area contributed by atoms with Gasteiger partial charge in [0.2, 0.25) is 0 Å². The molecule has 0 saturated carbocycles. The van der Waals surface area contributed by atoms with Crippen LogP contribution in [-0.4, -0.2) is 13.1 Å². The van der Waals surface area contributed by atoms with Crippen molar-refractivity contribution in [1.82, 2.24) is 5.32 Å². The number of nitrogens with one attached hydrogen (secondary N) is 1. The molecule has 1 nitrogen and oxygen atoms in total. The Morgan fingerprint density at radius 2 is 1.89 bits per heavy atom. The Morgan fingerprint density at radius 1 is 1.00 bits per heavy atom. The molecule has 1 aliphatic heterocycles. The minimum atomic E-state index is 1.12. The molecule has 1 aliphatic rings. The molecule has 1 rings (SSSR count). The third kappa shape index (κ3) is 3.52. The first-order valence-electron chi connectivity index (χ1n) is 4.02. The smallest absolute Gasteiger partial charge is 0.00174 e. The highest BCUT2D eigenvalue weighted by molar-refractivity contribution is 4.69. The molecule has 0 bridgehead atoms. The van der Waals surface area contributed by atoms with Crippen molar-refractivity contribution < 1.29 is 0 Å². The zero-order valence-electron chi connectivity index (χ0n) is 6.03. The van der Waals surface area contributed by atoms with E-state index in [0.29, 0.717) is 0 Å². The second-order valence-electron chi connectivity index (χ2n) is 2.70. The molecule has 0 aromatic carbocycles. The second-order valence-corrected chi connectivity index (χ2v) is 2.70. The quantitative estimate of drug-likeness (QED) is 0.521. The van der Waals surface area contributed by atoms with Gasteiger partial charge in [-0.3, -0.25) is 0 Å². The van der Waals surface area contributed by atoms with Gasteiger partial charge in [-0.1, -0.05) is 19.3 Å². The van der Waals surface area contributed by atoms with Crippen molar-refractivity contribution in [2.45, 2.75) is 32.1 Å². The summed E-state index contributed by atoms with van der Waals surface area (Å²) in [6.07, 6.45) is 9.28. The molecule has 0 aromatic rings. The maximum absolute atomic E-state index is 3.37. The monoisotopic (exact) mass is 126 g/mol. The van der Waals surface area contributed by atoms with E-state index in [9.17, 15) is 0 Å². The highest BCUT2D eigenvalue weighted by Crippen LogP contribution is 2.05. The van der Waals surface area contributed by atoms with E-state index in [-0.39, 0.29) is 0 Å². The van der Waals surface area contributed by atoms with Gasteiger partial charge in [-0.15, -0.1) is 0 Å². The molecule has 1 saturated heterocycles. The summed E-state index contributed by atoms with van der Waals surface area (Å²) < 4.78 is 0. The SMILES string of the molecule is [CH]1CCCCCCNC1. The van der Waals surface area contributed by atoms with Crippen LogP contribution in [0, 0.1) is 6.42 Å².